The number of aromatic nitrogens is 1. The van der Waals surface area contributed by atoms with Crippen LogP contribution in [0.25, 0.3) is 10.2 Å². The van der Waals surface area contributed by atoms with Crippen LogP contribution in [0.1, 0.15) is 30.5 Å². The fraction of sp³-hybridized carbons (Fsp3) is 0.208. The van der Waals surface area contributed by atoms with E-state index in [4.69, 9.17) is 16.3 Å². The largest absolute Gasteiger partial charge is 0.497 e. The normalized spacial score (nSPS) is 12.7. The van der Waals surface area contributed by atoms with Gasteiger partial charge in [-0.05, 0) is 53.9 Å². The summed E-state index contributed by atoms with van der Waals surface area (Å²) < 4.78 is 36.4. The highest BCUT2D eigenvalue weighted by atomic mass is 35.5. The summed E-state index contributed by atoms with van der Waals surface area (Å²) in [5.41, 5.74) is 2.34. The average molecular weight is 503 g/mol. The van der Waals surface area contributed by atoms with Crippen LogP contribution in [0.2, 0.25) is 5.02 Å². The zero-order valence-electron chi connectivity index (χ0n) is 18.1. The van der Waals surface area contributed by atoms with Gasteiger partial charge in [-0.1, -0.05) is 60.2 Å². The summed E-state index contributed by atoms with van der Waals surface area (Å²) in [5.74, 6) is 0.707. The minimum atomic E-state index is -3.80. The van der Waals surface area contributed by atoms with Crippen molar-refractivity contribution < 1.29 is 13.2 Å². The van der Waals surface area contributed by atoms with Gasteiger partial charge in [0.1, 0.15) is 5.75 Å². The number of benzene rings is 3. The first kappa shape index (κ1) is 23.5. The summed E-state index contributed by atoms with van der Waals surface area (Å²) in [7, 11) is -2.22. The summed E-state index contributed by atoms with van der Waals surface area (Å²) >= 11 is 7.27. The highest BCUT2D eigenvalue weighted by Crippen LogP contribution is 2.26. The maximum Gasteiger partial charge on any atom is 0.308 e. The Morgan fingerprint density at radius 1 is 1.09 bits per heavy atom. The van der Waals surface area contributed by atoms with Crippen molar-refractivity contribution >= 4 is 43.2 Å². The van der Waals surface area contributed by atoms with Gasteiger partial charge in [-0.15, -0.1) is 0 Å². The Balaban J connectivity index is 1.63. The van der Waals surface area contributed by atoms with E-state index < -0.39 is 10.0 Å². The standard InChI is InChI=1S/C24H23ClN2O4S2/c1-3-21(16-8-10-18(31-2)11-9-16)26-33(29,30)19-12-13-22-23(14-19)32-24(28)27(22)15-17-6-4-5-7-20(17)25/h4-14,21,26H,3,15H2,1-2H3/t21-/m1/s1. The van der Waals surface area contributed by atoms with Gasteiger partial charge in [0.05, 0.1) is 28.8 Å². The molecule has 6 nitrogen and oxygen atoms in total. The number of fused-ring (bicyclic) bond motifs is 1. The number of methoxy groups -OCH3 is 1. The van der Waals surface area contributed by atoms with E-state index in [1.165, 1.54) is 6.07 Å². The van der Waals surface area contributed by atoms with Crippen LogP contribution >= 0.6 is 22.9 Å². The summed E-state index contributed by atoms with van der Waals surface area (Å²) in [4.78, 5) is 12.6. The number of nitrogens with one attached hydrogen (secondary N) is 1. The molecule has 0 unspecified atom stereocenters. The second-order valence-corrected chi connectivity index (χ2v) is 10.6. The molecule has 0 aliphatic heterocycles. The van der Waals surface area contributed by atoms with Crippen LogP contribution in [0.4, 0.5) is 0 Å². The lowest BCUT2D eigenvalue weighted by Crippen LogP contribution is -2.28. The molecule has 172 valence electrons. The summed E-state index contributed by atoms with van der Waals surface area (Å²) in [6, 6.07) is 19.0. The average Bonchev–Trinajstić information content (AvgIpc) is 3.13. The molecule has 33 heavy (non-hydrogen) atoms. The predicted octanol–water partition coefficient (Wildman–Crippen LogP) is 5.20. The molecule has 0 saturated carbocycles. The monoisotopic (exact) mass is 502 g/mol. The van der Waals surface area contributed by atoms with Gasteiger partial charge < -0.3 is 4.74 Å². The first-order chi connectivity index (χ1) is 15.8. The van der Waals surface area contributed by atoms with Gasteiger partial charge in [-0.3, -0.25) is 9.36 Å². The van der Waals surface area contributed by atoms with Crippen LogP contribution in [-0.2, 0) is 16.6 Å². The van der Waals surface area contributed by atoms with Crippen molar-refractivity contribution in [1.82, 2.24) is 9.29 Å². The molecule has 4 aromatic rings. The Hall–Kier alpha value is -2.65. The Morgan fingerprint density at radius 3 is 2.48 bits per heavy atom. The lowest BCUT2D eigenvalue weighted by molar-refractivity contribution is 0.414. The number of ether oxygens (including phenoxy) is 1. The molecule has 1 N–H and O–H groups in total. The van der Waals surface area contributed by atoms with Crippen LogP contribution in [-0.4, -0.2) is 20.1 Å². The zero-order valence-corrected chi connectivity index (χ0v) is 20.5. The molecule has 1 aromatic heterocycles. The predicted molar refractivity (Wildman–Crippen MR) is 133 cm³/mol. The minimum Gasteiger partial charge on any atom is -0.497 e. The van der Waals surface area contributed by atoms with E-state index in [2.05, 4.69) is 4.72 Å². The molecule has 0 radical (unpaired) electrons. The van der Waals surface area contributed by atoms with Gasteiger partial charge in [0.15, 0.2) is 0 Å². The fourth-order valence-electron chi connectivity index (χ4n) is 3.64. The first-order valence-electron chi connectivity index (χ1n) is 10.4. The molecule has 1 atom stereocenters. The lowest BCUT2D eigenvalue weighted by atomic mass is 10.1. The Bertz CT molecular complexity index is 1440. The Labute approximate surface area is 201 Å². The summed E-state index contributed by atoms with van der Waals surface area (Å²) in [5, 5.41) is 0.580. The van der Waals surface area contributed by atoms with Crippen LogP contribution in [0.15, 0.2) is 76.4 Å². The van der Waals surface area contributed by atoms with Gasteiger partial charge in [0.2, 0.25) is 10.0 Å². The van der Waals surface area contributed by atoms with Crippen molar-refractivity contribution in [3.8, 4) is 5.75 Å². The lowest BCUT2D eigenvalue weighted by Gasteiger charge is -2.18. The molecule has 3 aromatic carbocycles. The van der Waals surface area contributed by atoms with Crippen LogP contribution in [0, 0.1) is 0 Å². The van der Waals surface area contributed by atoms with Gasteiger partial charge in [-0.2, -0.15) is 0 Å². The van der Waals surface area contributed by atoms with E-state index in [9.17, 15) is 13.2 Å². The van der Waals surface area contributed by atoms with E-state index in [0.29, 0.717) is 34.0 Å². The van der Waals surface area contributed by atoms with Gasteiger partial charge in [-0.25, -0.2) is 13.1 Å². The number of rotatable bonds is 8. The molecule has 4 rings (SSSR count). The highest BCUT2D eigenvalue weighted by Gasteiger charge is 2.22. The number of sulfonamides is 1. The molecule has 0 spiro atoms. The smallest absolute Gasteiger partial charge is 0.308 e. The van der Waals surface area contributed by atoms with Crippen molar-refractivity contribution in [1.29, 1.82) is 0 Å². The fourth-order valence-corrected chi connectivity index (χ4v) is 6.17. The maximum atomic E-state index is 13.1. The van der Waals surface area contributed by atoms with Crippen molar-refractivity contribution in [3.63, 3.8) is 0 Å². The molecule has 9 heteroatoms. The van der Waals surface area contributed by atoms with Crippen molar-refractivity contribution in [2.45, 2.75) is 30.8 Å². The van der Waals surface area contributed by atoms with Gasteiger partial charge in [0.25, 0.3) is 0 Å². The van der Waals surface area contributed by atoms with E-state index in [-0.39, 0.29) is 15.8 Å². The second-order valence-electron chi connectivity index (χ2n) is 7.53. The van der Waals surface area contributed by atoms with E-state index >= 15 is 0 Å². The topological polar surface area (TPSA) is 77.4 Å². The Morgan fingerprint density at radius 2 is 1.82 bits per heavy atom. The highest BCUT2D eigenvalue weighted by molar-refractivity contribution is 7.89. The SMILES string of the molecule is CC[C@@H](NS(=O)(=O)c1ccc2c(c1)sc(=O)n2Cc1ccccc1Cl)c1ccc(OC)cc1. The molecular weight excluding hydrogens is 480 g/mol. The molecule has 0 aliphatic rings. The quantitative estimate of drug-likeness (QED) is 0.359. The third-order valence-corrected chi connectivity index (χ3v) is 8.24. The van der Waals surface area contributed by atoms with Crippen molar-refractivity contribution in [2.24, 2.45) is 0 Å². The first-order valence-corrected chi connectivity index (χ1v) is 13.0. The van der Waals surface area contributed by atoms with Crippen molar-refractivity contribution in [2.75, 3.05) is 7.11 Å². The molecule has 0 bridgehead atoms. The van der Waals surface area contributed by atoms with E-state index in [1.807, 2.05) is 37.3 Å². The molecular formula is C24H23ClN2O4S2. The number of hydrogen-bond acceptors (Lipinski definition) is 5. The third-order valence-electron chi connectivity index (χ3n) is 5.46. The molecule has 0 saturated heterocycles. The molecule has 0 aliphatic carbocycles. The molecule has 0 amide bonds. The zero-order chi connectivity index (χ0) is 23.6. The third kappa shape index (κ3) is 4.99. The summed E-state index contributed by atoms with van der Waals surface area (Å²) in [6.07, 6.45) is 0.579. The number of thiazole rings is 1. The maximum absolute atomic E-state index is 13.1. The van der Waals surface area contributed by atoms with Gasteiger partial charge >= 0.3 is 4.87 Å². The Kier molecular flexibility index (Phi) is 6.90. The minimum absolute atomic E-state index is 0.119. The second kappa shape index (κ2) is 9.69. The van der Waals surface area contributed by atoms with Crippen LogP contribution in [0.3, 0.4) is 0 Å². The molecule has 0 fully saturated rings. The van der Waals surface area contributed by atoms with Crippen LogP contribution < -0.4 is 14.3 Å². The van der Waals surface area contributed by atoms with Gasteiger partial charge in [0, 0.05) is 11.1 Å². The number of halogens is 1. The molecule has 1 heterocycles. The van der Waals surface area contributed by atoms with E-state index in [0.717, 1.165) is 22.5 Å². The van der Waals surface area contributed by atoms with E-state index in [1.54, 1.807) is 42.0 Å². The van der Waals surface area contributed by atoms with Crippen molar-refractivity contribution in [3.05, 3.63) is 92.5 Å². The number of hydrogen-bond donors (Lipinski definition) is 1. The number of nitrogens with zero attached hydrogens (tertiary/aromatic N) is 1. The van der Waals surface area contributed by atoms with Crippen LogP contribution in [0.5, 0.6) is 5.75 Å². The summed E-state index contributed by atoms with van der Waals surface area (Å²) in [6.45, 7) is 2.24.